The number of pyridine rings is 1. The normalized spacial score (nSPS) is 10.1. The molecule has 1 heterocycles. The van der Waals surface area contributed by atoms with E-state index in [1.807, 2.05) is 0 Å². The summed E-state index contributed by atoms with van der Waals surface area (Å²) in [7, 11) is 0. The summed E-state index contributed by atoms with van der Waals surface area (Å²) in [6, 6.07) is 1.29. The van der Waals surface area contributed by atoms with E-state index >= 15 is 0 Å². The number of hydrogen-bond acceptors (Lipinski definition) is 2. The minimum absolute atomic E-state index is 0.0180. The molecule has 0 aromatic carbocycles. The number of hydrogen-bond donors (Lipinski definition) is 1. The van der Waals surface area contributed by atoms with E-state index in [2.05, 4.69) is 0 Å². The lowest BCUT2D eigenvalue weighted by Gasteiger charge is -2.03. The number of rotatable bonds is 1. The van der Waals surface area contributed by atoms with Crippen LogP contribution in [0.5, 0.6) is 0 Å². The largest absolute Gasteiger partial charge is 0.618 e. The third-order valence-corrected chi connectivity index (χ3v) is 1.41. The van der Waals surface area contributed by atoms with Crippen LogP contribution < -0.4 is 10.5 Å². The predicted octanol–water partition coefficient (Wildman–Crippen LogP) is 0.226. The Morgan fingerprint density at radius 2 is 2.36 bits per heavy atom. The summed E-state index contributed by atoms with van der Waals surface area (Å²) in [6.07, 6.45) is 1.30. The smallest absolute Gasteiger partial charge is 0.242 e. The zero-order valence-electron chi connectivity index (χ0n) is 6.17. The fourth-order valence-electron chi connectivity index (χ4n) is 0.876. The fourth-order valence-corrected chi connectivity index (χ4v) is 0.876. The lowest BCUT2D eigenvalue weighted by Crippen LogP contribution is -2.34. The number of aromatic nitrogens is 1. The molecule has 0 bridgehead atoms. The van der Waals surface area contributed by atoms with Gasteiger partial charge in [0.2, 0.25) is 5.69 Å². The molecule has 0 saturated heterocycles. The molecule has 60 valence electrons. The maximum Gasteiger partial charge on any atom is 0.242 e. The van der Waals surface area contributed by atoms with Crippen molar-refractivity contribution in [3.63, 3.8) is 0 Å². The third kappa shape index (κ3) is 1.46. The number of nitrogens with zero attached hydrogens (tertiary/aromatic N) is 1. The summed E-state index contributed by atoms with van der Waals surface area (Å²) in [6.45, 7) is 1.58. The molecule has 0 amide bonds. The van der Waals surface area contributed by atoms with E-state index in [0.29, 0.717) is 10.3 Å². The molecule has 0 unspecified atom stereocenters. The van der Waals surface area contributed by atoms with E-state index < -0.39 is 5.82 Å². The van der Waals surface area contributed by atoms with Crippen LogP contribution in [0.1, 0.15) is 11.3 Å². The van der Waals surface area contributed by atoms with Crippen molar-refractivity contribution in [2.75, 3.05) is 0 Å². The summed E-state index contributed by atoms with van der Waals surface area (Å²) >= 11 is 0. The molecule has 2 N–H and O–H groups in total. The van der Waals surface area contributed by atoms with Gasteiger partial charge in [-0.1, -0.05) is 0 Å². The molecule has 0 spiro atoms. The first-order valence-corrected chi connectivity index (χ1v) is 3.23. The summed E-state index contributed by atoms with van der Waals surface area (Å²) in [5.74, 6) is -0.539. The zero-order chi connectivity index (χ0) is 8.43. The van der Waals surface area contributed by atoms with Crippen molar-refractivity contribution in [2.45, 2.75) is 13.5 Å². The highest BCUT2D eigenvalue weighted by atomic mass is 19.1. The standard InChI is InChI=1S/C7H9FN2O/c1-5-2-6(8)7(3-9)10(11)4-5/h2,4H,3,9H2,1H3. The minimum atomic E-state index is -0.539. The lowest BCUT2D eigenvalue weighted by atomic mass is 10.2. The van der Waals surface area contributed by atoms with Crippen molar-refractivity contribution in [2.24, 2.45) is 5.73 Å². The molecule has 0 aliphatic carbocycles. The van der Waals surface area contributed by atoms with Crippen molar-refractivity contribution in [1.82, 2.24) is 0 Å². The van der Waals surface area contributed by atoms with Gasteiger partial charge in [0.1, 0.15) is 0 Å². The van der Waals surface area contributed by atoms with E-state index in [0.717, 1.165) is 0 Å². The topological polar surface area (TPSA) is 53.0 Å². The van der Waals surface area contributed by atoms with Crippen LogP contribution in [0.2, 0.25) is 0 Å². The van der Waals surface area contributed by atoms with Crippen LogP contribution in [0.25, 0.3) is 0 Å². The molecule has 0 aliphatic heterocycles. The Morgan fingerprint density at radius 3 is 2.82 bits per heavy atom. The van der Waals surface area contributed by atoms with Gasteiger partial charge in [-0.15, -0.1) is 0 Å². The molecule has 4 heteroatoms. The van der Waals surface area contributed by atoms with Gasteiger partial charge in [-0.3, -0.25) is 0 Å². The Morgan fingerprint density at radius 1 is 1.73 bits per heavy atom. The quantitative estimate of drug-likeness (QED) is 0.467. The summed E-state index contributed by atoms with van der Waals surface area (Å²) in [5, 5.41) is 10.9. The minimum Gasteiger partial charge on any atom is -0.618 e. The van der Waals surface area contributed by atoms with Crippen molar-refractivity contribution in [3.8, 4) is 0 Å². The number of aryl methyl sites for hydroxylation is 1. The van der Waals surface area contributed by atoms with Crippen molar-refractivity contribution < 1.29 is 9.12 Å². The van der Waals surface area contributed by atoms with Gasteiger partial charge in [-0.05, 0) is 13.0 Å². The van der Waals surface area contributed by atoms with Gasteiger partial charge >= 0.3 is 0 Å². The van der Waals surface area contributed by atoms with Crippen molar-refractivity contribution in [1.29, 1.82) is 0 Å². The maximum absolute atomic E-state index is 12.8. The molecule has 11 heavy (non-hydrogen) atoms. The highest BCUT2D eigenvalue weighted by Crippen LogP contribution is 2.02. The van der Waals surface area contributed by atoms with Crippen LogP contribution in [0.15, 0.2) is 12.3 Å². The summed E-state index contributed by atoms with van der Waals surface area (Å²) < 4.78 is 13.3. The first-order chi connectivity index (χ1) is 5.15. The Labute approximate surface area is 63.8 Å². The SMILES string of the molecule is Cc1cc(F)c(CN)[n+]([O-])c1. The van der Waals surface area contributed by atoms with Crippen LogP contribution in [0, 0.1) is 17.9 Å². The second kappa shape index (κ2) is 2.84. The molecule has 0 fully saturated rings. The van der Waals surface area contributed by atoms with Gasteiger partial charge in [-0.25, -0.2) is 0 Å². The Hall–Kier alpha value is -1.16. The van der Waals surface area contributed by atoms with Gasteiger partial charge in [-0.2, -0.15) is 9.12 Å². The highest BCUT2D eigenvalue weighted by molar-refractivity contribution is 5.09. The first-order valence-electron chi connectivity index (χ1n) is 3.23. The van der Waals surface area contributed by atoms with Gasteiger partial charge in [0.25, 0.3) is 0 Å². The van der Waals surface area contributed by atoms with Gasteiger partial charge in [0, 0.05) is 5.56 Å². The Balaban J connectivity index is 3.25. The van der Waals surface area contributed by atoms with Crippen molar-refractivity contribution in [3.05, 3.63) is 34.5 Å². The van der Waals surface area contributed by atoms with Crippen LogP contribution in [0.3, 0.4) is 0 Å². The van der Waals surface area contributed by atoms with E-state index in [1.165, 1.54) is 12.3 Å². The van der Waals surface area contributed by atoms with E-state index in [4.69, 9.17) is 5.73 Å². The molecular weight excluding hydrogens is 147 g/mol. The van der Waals surface area contributed by atoms with E-state index in [-0.39, 0.29) is 12.2 Å². The molecular formula is C7H9FN2O. The number of halogens is 1. The van der Waals surface area contributed by atoms with Crippen molar-refractivity contribution >= 4 is 0 Å². The number of nitrogens with two attached hydrogens (primary N) is 1. The second-order valence-electron chi connectivity index (χ2n) is 2.34. The van der Waals surface area contributed by atoms with Gasteiger partial charge in [0.05, 0.1) is 6.54 Å². The van der Waals surface area contributed by atoms with Gasteiger partial charge < -0.3 is 10.9 Å². The molecule has 1 aromatic rings. The van der Waals surface area contributed by atoms with Crippen LogP contribution >= 0.6 is 0 Å². The van der Waals surface area contributed by atoms with Crippen LogP contribution in [0.4, 0.5) is 4.39 Å². The monoisotopic (exact) mass is 156 g/mol. The molecule has 0 aliphatic rings. The van der Waals surface area contributed by atoms with E-state index in [1.54, 1.807) is 6.92 Å². The molecule has 1 aromatic heterocycles. The lowest BCUT2D eigenvalue weighted by molar-refractivity contribution is -0.616. The third-order valence-electron chi connectivity index (χ3n) is 1.41. The molecule has 0 radical (unpaired) electrons. The van der Waals surface area contributed by atoms with Gasteiger partial charge in [0.15, 0.2) is 12.0 Å². The average molecular weight is 156 g/mol. The summed E-state index contributed by atoms with van der Waals surface area (Å²) in [5.41, 5.74) is 5.72. The second-order valence-corrected chi connectivity index (χ2v) is 2.34. The molecule has 3 nitrogen and oxygen atoms in total. The van der Waals surface area contributed by atoms with Crippen LogP contribution in [-0.4, -0.2) is 0 Å². The summed E-state index contributed by atoms with van der Waals surface area (Å²) in [4.78, 5) is 0. The molecule has 0 atom stereocenters. The average Bonchev–Trinajstić information content (AvgIpc) is 1.85. The Bertz CT molecular complexity index is 252. The molecule has 1 rings (SSSR count). The fraction of sp³-hybridized carbons (Fsp3) is 0.286. The van der Waals surface area contributed by atoms with Crippen LogP contribution in [-0.2, 0) is 6.54 Å². The zero-order valence-corrected chi connectivity index (χ0v) is 6.17. The first kappa shape index (κ1) is 7.94. The molecule has 0 saturated carbocycles. The van der Waals surface area contributed by atoms with E-state index in [9.17, 15) is 9.60 Å². The highest BCUT2D eigenvalue weighted by Gasteiger charge is 2.10. The maximum atomic E-state index is 12.8. The Kier molecular flexibility index (Phi) is 2.05. The predicted molar refractivity (Wildman–Crippen MR) is 38.0 cm³/mol.